The number of amides is 1. The molecule has 18 heavy (non-hydrogen) atoms. The van der Waals surface area contributed by atoms with Crippen LogP contribution in [0, 0.1) is 5.92 Å². The van der Waals surface area contributed by atoms with Crippen LogP contribution in [-0.4, -0.2) is 42.3 Å². The summed E-state index contributed by atoms with van der Waals surface area (Å²) in [6.07, 6.45) is 1.16. The summed E-state index contributed by atoms with van der Waals surface area (Å²) in [5, 5.41) is 0. The van der Waals surface area contributed by atoms with Gasteiger partial charge in [0.25, 0.3) is 0 Å². The molecule has 5 nitrogen and oxygen atoms in total. The van der Waals surface area contributed by atoms with Crippen molar-refractivity contribution in [3.05, 3.63) is 0 Å². The molecule has 1 saturated heterocycles. The highest BCUT2D eigenvalue weighted by Crippen LogP contribution is 2.28. The van der Waals surface area contributed by atoms with Gasteiger partial charge in [0.05, 0.1) is 7.11 Å². The Bertz CT molecular complexity index is 321. The van der Waals surface area contributed by atoms with Crippen molar-refractivity contribution in [1.29, 1.82) is 0 Å². The summed E-state index contributed by atoms with van der Waals surface area (Å²) in [4.78, 5) is 25.2. The van der Waals surface area contributed by atoms with Gasteiger partial charge in [-0.05, 0) is 33.1 Å². The Morgan fingerprint density at radius 1 is 1.33 bits per heavy atom. The van der Waals surface area contributed by atoms with Crippen LogP contribution < -0.4 is 0 Å². The van der Waals surface area contributed by atoms with E-state index in [2.05, 4.69) is 6.92 Å². The maximum atomic E-state index is 12.0. The number of carbonyl (C=O) groups is 2. The monoisotopic (exact) mass is 257 g/mol. The van der Waals surface area contributed by atoms with E-state index in [1.807, 2.05) is 20.8 Å². The molecule has 0 aliphatic carbocycles. The molecular weight excluding hydrogens is 234 g/mol. The Morgan fingerprint density at radius 2 is 1.94 bits per heavy atom. The summed E-state index contributed by atoms with van der Waals surface area (Å²) in [7, 11) is 1.34. The molecule has 5 heteroatoms. The third kappa shape index (κ3) is 3.62. The summed E-state index contributed by atoms with van der Waals surface area (Å²) in [6.45, 7) is 8.05. The van der Waals surface area contributed by atoms with E-state index in [1.54, 1.807) is 0 Å². The number of likely N-dealkylation sites (tertiary alicyclic amines) is 1. The van der Waals surface area contributed by atoms with Gasteiger partial charge >= 0.3 is 12.1 Å². The Balaban J connectivity index is 2.77. The van der Waals surface area contributed by atoms with Gasteiger partial charge in [0.1, 0.15) is 11.6 Å². The first-order valence-electron chi connectivity index (χ1n) is 6.36. The van der Waals surface area contributed by atoms with Crippen molar-refractivity contribution in [2.75, 3.05) is 13.7 Å². The second-order valence-corrected chi connectivity index (χ2v) is 5.68. The Labute approximate surface area is 108 Å². The quantitative estimate of drug-likeness (QED) is 0.712. The van der Waals surface area contributed by atoms with Crippen LogP contribution in [0.1, 0.15) is 40.5 Å². The van der Waals surface area contributed by atoms with Crippen LogP contribution in [0.5, 0.6) is 0 Å². The molecule has 0 aromatic heterocycles. The van der Waals surface area contributed by atoms with Gasteiger partial charge in [-0.3, -0.25) is 4.90 Å². The van der Waals surface area contributed by atoms with Crippen LogP contribution in [-0.2, 0) is 14.3 Å². The SMILES string of the molecule is CC[C@@H]1C[C@@H](C(=O)OC)N(C(=O)OC(C)(C)C)C1. The minimum absolute atomic E-state index is 0.335. The molecule has 0 unspecified atom stereocenters. The molecule has 1 amide bonds. The second kappa shape index (κ2) is 5.59. The zero-order valence-electron chi connectivity index (χ0n) is 11.9. The van der Waals surface area contributed by atoms with Crippen molar-refractivity contribution in [3.8, 4) is 0 Å². The fraction of sp³-hybridized carbons (Fsp3) is 0.846. The van der Waals surface area contributed by atoms with Crippen LogP contribution in [0.2, 0.25) is 0 Å². The average molecular weight is 257 g/mol. The summed E-state index contributed by atoms with van der Waals surface area (Å²) in [6, 6.07) is -0.505. The zero-order valence-corrected chi connectivity index (χ0v) is 11.9. The largest absolute Gasteiger partial charge is 0.467 e. The number of nitrogens with zero attached hydrogens (tertiary/aromatic N) is 1. The summed E-state index contributed by atoms with van der Waals surface area (Å²) >= 11 is 0. The first kappa shape index (κ1) is 14.8. The van der Waals surface area contributed by atoms with Gasteiger partial charge in [-0.25, -0.2) is 9.59 Å². The van der Waals surface area contributed by atoms with E-state index in [9.17, 15) is 9.59 Å². The molecule has 0 N–H and O–H groups in total. The van der Waals surface area contributed by atoms with Crippen molar-refractivity contribution in [3.63, 3.8) is 0 Å². The number of rotatable bonds is 2. The molecule has 1 rings (SSSR count). The molecule has 0 saturated carbocycles. The summed E-state index contributed by atoms with van der Waals surface area (Å²) < 4.78 is 10.1. The summed E-state index contributed by atoms with van der Waals surface area (Å²) in [5.41, 5.74) is -0.554. The van der Waals surface area contributed by atoms with E-state index in [1.165, 1.54) is 12.0 Å². The highest BCUT2D eigenvalue weighted by atomic mass is 16.6. The molecule has 104 valence electrons. The predicted molar refractivity (Wildman–Crippen MR) is 67.1 cm³/mol. The van der Waals surface area contributed by atoms with E-state index < -0.39 is 17.7 Å². The Hall–Kier alpha value is -1.26. The van der Waals surface area contributed by atoms with Crippen molar-refractivity contribution < 1.29 is 19.1 Å². The third-order valence-corrected chi connectivity index (χ3v) is 3.07. The molecular formula is C13H23NO4. The molecule has 2 atom stereocenters. The molecule has 1 aliphatic rings. The molecule has 1 aliphatic heterocycles. The van der Waals surface area contributed by atoms with Crippen LogP contribution in [0.3, 0.4) is 0 Å². The highest BCUT2D eigenvalue weighted by Gasteiger charge is 2.41. The van der Waals surface area contributed by atoms with E-state index in [-0.39, 0.29) is 5.97 Å². The van der Waals surface area contributed by atoms with Crippen LogP contribution in [0.4, 0.5) is 4.79 Å². The molecule has 1 fully saturated rings. The van der Waals surface area contributed by atoms with Gasteiger partial charge in [-0.15, -0.1) is 0 Å². The standard InChI is InChI=1S/C13H23NO4/c1-6-9-7-10(11(15)17-5)14(8-9)12(16)18-13(2,3)4/h9-10H,6-8H2,1-5H3/t9-,10+/m1/s1. The molecule has 0 radical (unpaired) electrons. The van der Waals surface area contributed by atoms with Crippen LogP contribution >= 0.6 is 0 Å². The Kier molecular flexibility index (Phi) is 4.59. The van der Waals surface area contributed by atoms with Crippen LogP contribution in [0.15, 0.2) is 0 Å². The number of carbonyl (C=O) groups excluding carboxylic acids is 2. The highest BCUT2D eigenvalue weighted by molar-refractivity contribution is 5.82. The topological polar surface area (TPSA) is 55.8 Å². The molecule has 0 bridgehead atoms. The first-order chi connectivity index (χ1) is 8.28. The van der Waals surface area contributed by atoms with E-state index >= 15 is 0 Å². The number of hydrogen-bond acceptors (Lipinski definition) is 4. The fourth-order valence-electron chi connectivity index (χ4n) is 2.10. The third-order valence-electron chi connectivity index (χ3n) is 3.07. The van der Waals surface area contributed by atoms with Gasteiger partial charge in [0, 0.05) is 6.54 Å². The smallest absolute Gasteiger partial charge is 0.411 e. The van der Waals surface area contributed by atoms with E-state index in [4.69, 9.17) is 9.47 Å². The number of ether oxygens (including phenoxy) is 2. The van der Waals surface area contributed by atoms with Gasteiger partial charge < -0.3 is 9.47 Å². The van der Waals surface area contributed by atoms with Crippen molar-refractivity contribution in [1.82, 2.24) is 4.90 Å². The predicted octanol–water partition coefficient (Wildman–Crippen LogP) is 2.20. The fourth-order valence-corrected chi connectivity index (χ4v) is 2.10. The van der Waals surface area contributed by atoms with Gasteiger partial charge in [-0.2, -0.15) is 0 Å². The normalized spacial score (nSPS) is 23.9. The number of methoxy groups -OCH3 is 1. The lowest BCUT2D eigenvalue weighted by Gasteiger charge is -2.27. The molecule has 0 aromatic rings. The maximum Gasteiger partial charge on any atom is 0.411 e. The van der Waals surface area contributed by atoms with Crippen LogP contribution in [0.25, 0.3) is 0 Å². The lowest BCUT2D eigenvalue weighted by Crippen LogP contribution is -2.43. The minimum atomic E-state index is -0.554. The van der Waals surface area contributed by atoms with E-state index in [0.717, 1.165) is 6.42 Å². The maximum absolute atomic E-state index is 12.0. The van der Waals surface area contributed by atoms with Gasteiger partial charge in [-0.1, -0.05) is 13.3 Å². The number of esters is 1. The zero-order chi connectivity index (χ0) is 13.9. The molecule has 0 spiro atoms. The van der Waals surface area contributed by atoms with Gasteiger partial charge in [0.15, 0.2) is 0 Å². The van der Waals surface area contributed by atoms with Crippen molar-refractivity contribution in [2.24, 2.45) is 5.92 Å². The average Bonchev–Trinajstić information content (AvgIpc) is 2.69. The lowest BCUT2D eigenvalue weighted by atomic mass is 10.0. The summed E-state index contributed by atoms with van der Waals surface area (Å²) in [5.74, 6) is -0.0292. The number of hydrogen-bond donors (Lipinski definition) is 0. The lowest BCUT2D eigenvalue weighted by molar-refractivity contribution is -0.145. The molecule has 0 aromatic carbocycles. The Morgan fingerprint density at radius 3 is 2.39 bits per heavy atom. The van der Waals surface area contributed by atoms with Gasteiger partial charge in [0.2, 0.25) is 0 Å². The molecule has 1 heterocycles. The van der Waals surface area contributed by atoms with Crippen molar-refractivity contribution in [2.45, 2.75) is 52.2 Å². The van der Waals surface area contributed by atoms with E-state index in [0.29, 0.717) is 18.9 Å². The van der Waals surface area contributed by atoms with Crippen molar-refractivity contribution >= 4 is 12.1 Å². The second-order valence-electron chi connectivity index (χ2n) is 5.68. The minimum Gasteiger partial charge on any atom is -0.467 e. The first-order valence-corrected chi connectivity index (χ1v) is 6.36.